The lowest BCUT2D eigenvalue weighted by molar-refractivity contribution is -0.140. The largest absolute Gasteiger partial charge is 0.357 e. The third kappa shape index (κ3) is 7.10. The standard InChI is InChI=1S/C21H23Cl3N2O2S/c1-3-19(21(28)25-2)26(13-14-4-5-16(23)12-18(14)24)20(27)10-11-29-17-8-6-15(22)7-9-17/h4-9,12,19H,3,10-11,13H2,1-2H3,(H,25,28)/t19-/m1/s1. The number of nitrogens with zero attached hydrogens (tertiary/aromatic N) is 1. The number of carbonyl (C=O) groups is 2. The molecule has 2 aromatic carbocycles. The van der Waals surface area contributed by atoms with Crippen molar-refractivity contribution >= 4 is 58.4 Å². The van der Waals surface area contributed by atoms with Crippen molar-refractivity contribution in [3.05, 3.63) is 63.1 Å². The predicted octanol–water partition coefficient (Wildman–Crippen LogP) is 5.68. The lowest BCUT2D eigenvalue weighted by atomic mass is 10.1. The Labute approximate surface area is 190 Å². The molecule has 0 bridgehead atoms. The molecular weight excluding hydrogens is 451 g/mol. The zero-order chi connectivity index (χ0) is 21.4. The van der Waals surface area contributed by atoms with Crippen LogP contribution in [-0.2, 0) is 16.1 Å². The van der Waals surface area contributed by atoms with Gasteiger partial charge in [-0.1, -0.05) is 47.8 Å². The van der Waals surface area contributed by atoms with Gasteiger partial charge in [-0.15, -0.1) is 11.8 Å². The van der Waals surface area contributed by atoms with E-state index in [0.717, 1.165) is 10.5 Å². The van der Waals surface area contributed by atoms with E-state index in [-0.39, 0.29) is 18.4 Å². The molecule has 0 heterocycles. The maximum Gasteiger partial charge on any atom is 0.242 e. The van der Waals surface area contributed by atoms with Gasteiger partial charge in [0, 0.05) is 45.7 Å². The molecule has 0 saturated carbocycles. The molecule has 29 heavy (non-hydrogen) atoms. The first kappa shape index (κ1) is 23.9. The molecule has 2 amide bonds. The normalized spacial score (nSPS) is 11.8. The fourth-order valence-corrected chi connectivity index (χ4v) is 4.29. The first-order chi connectivity index (χ1) is 13.8. The molecule has 0 aliphatic carbocycles. The van der Waals surface area contributed by atoms with E-state index in [9.17, 15) is 9.59 Å². The Hall–Kier alpha value is -1.40. The fourth-order valence-electron chi connectivity index (χ4n) is 2.85. The third-order valence-electron chi connectivity index (χ3n) is 4.39. The molecule has 0 aliphatic rings. The van der Waals surface area contributed by atoms with Crippen LogP contribution in [0.3, 0.4) is 0 Å². The number of nitrogens with one attached hydrogen (secondary N) is 1. The summed E-state index contributed by atoms with van der Waals surface area (Å²) in [6, 6.07) is 12.0. The molecule has 0 aromatic heterocycles. The SMILES string of the molecule is CC[C@H](C(=O)NC)N(Cc1ccc(Cl)cc1Cl)C(=O)CCSc1ccc(Cl)cc1. The van der Waals surface area contributed by atoms with Crippen LogP contribution < -0.4 is 5.32 Å². The van der Waals surface area contributed by atoms with Gasteiger partial charge < -0.3 is 10.2 Å². The van der Waals surface area contributed by atoms with Crippen molar-refractivity contribution in [2.75, 3.05) is 12.8 Å². The molecule has 8 heteroatoms. The second-order valence-corrected chi connectivity index (χ2v) is 8.80. The van der Waals surface area contributed by atoms with Crippen molar-refractivity contribution in [3.8, 4) is 0 Å². The van der Waals surface area contributed by atoms with E-state index in [4.69, 9.17) is 34.8 Å². The van der Waals surface area contributed by atoms with Gasteiger partial charge in [-0.3, -0.25) is 9.59 Å². The first-order valence-electron chi connectivity index (χ1n) is 9.19. The first-order valence-corrected chi connectivity index (χ1v) is 11.3. The summed E-state index contributed by atoms with van der Waals surface area (Å²) in [6.07, 6.45) is 0.799. The van der Waals surface area contributed by atoms with Crippen LogP contribution in [0.1, 0.15) is 25.3 Å². The van der Waals surface area contributed by atoms with Crippen LogP contribution in [-0.4, -0.2) is 35.6 Å². The highest BCUT2D eigenvalue weighted by molar-refractivity contribution is 7.99. The average molecular weight is 474 g/mol. The summed E-state index contributed by atoms with van der Waals surface area (Å²) in [7, 11) is 1.57. The van der Waals surface area contributed by atoms with Crippen LogP contribution in [0.15, 0.2) is 47.4 Å². The molecule has 1 atom stereocenters. The molecule has 0 spiro atoms. The van der Waals surface area contributed by atoms with Gasteiger partial charge in [-0.25, -0.2) is 0 Å². The minimum atomic E-state index is -0.570. The smallest absolute Gasteiger partial charge is 0.242 e. The summed E-state index contributed by atoms with van der Waals surface area (Å²) in [6.45, 7) is 2.12. The average Bonchev–Trinajstić information content (AvgIpc) is 2.70. The van der Waals surface area contributed by atoms with E-state index >= 15 is 0 Å². The molecule has 0 unspecified atom stereocenters. The van der Waals surface area contributed by atoms with E-state index in [0.29, 0.717) is 33.7 Å². The maximum atomic E-state index is 13.0. The van der Waals surface area contributed by atoms with Gasteiger partial charge in [-0.2, -0.15) is 0 Å². The van der Waals surface area contributed by atoms with E-state index in [1.807, 2.05) is 31.2 Å². The molecule has 1 N–H and O–H groups in total. The molecule has 4 nitrogen and oxygen atoms in total. The van der Waals surface area contributed by atoms with Gasteiger partial charge in [0.2, 0.25) is 11.8 Å². The minimum Gasteiger partial charge on any atom is -0.357 e. The van der Waals surface area contributed by atoms with Crippen molar-refractivity contribution in [2.45, 2.75) is 37.2 Å². The number of halogens is 3. The number of carbonyl (C=O) groups excluding carboxylic acids is 2. The van der Waals surface area contributed by atoms with Gasteiger partial charge in [0.25, 0.3) is 0 Å². The highest BCUT2D eigenvalue weighted by Crippen LogP contribution is 2.25. The second kappa shape index (κ2) is 11.7. The van der Waals surface area contributed by atoms with Crippen molar-refractivity contribution in [2.24, 2.45) is 0 Å². The summed E-state index contributed by atoms with van der Waals surface area (Å²) in [5, 5.41) is 4.31. The van der Waals surface area contributed by atoms with Crippen LogP contribution in [0.2, 0.25) is 15.1 Å². The highest BCUT2D eigenvalue weighted by Gasteiger charge is 2.28. The summed E-state index contributed by atoms with van der Waals surface area (Å²) in [5.41, 5.74) is 0.747. The van der Waals surface area contributed by atoms with Gasteiger partial charge in [0.15, 0.2) is 0 Å². The molecule has 0 aliphatic heterocycles. The zero-order valence-corrected chi connectivity index (χ0v) is 19.3. The fraction of sp³-hybridized carbons (Fsp3) is 0.333. The molecule has 2 aromatic rings. The van der Waals surface area contributed by atoms with E-state index < -0.39 is 6.04 Å². The number of benzene rings is 2. The van der Waals surface area contributed by atoms with Crippen LogP contribution >= 0.6 is 46.6 Å². The van der Waals surface area contributed by atoms with Gasteiger partial charge in [-0.05, 0) is 48.4 Å². The number of hydrogen-bond donors (Lipinski definition) is 1. The molecule has 2 rings (SSSR count). The maximum absolute atomic E-state index is 13.0. The monoisotopic (exact) mass is 472 g/mol. The molecule has 0 radical (unpaired) electrons. The van der Waals surface area contributed by atoms with E-state index in [2.05, 4.69) is 5.32 Å². The van der Waals surface area contributed by atoms with E-state index in [1.54, 1.807) is 41.9 Å². The van der Waals surface area contributed by atoms with Crippen molar-refractivity contribution in [1.82, 2.24) is 10.2 Å². The molecule has 0 fully saturated rings. The van der Waals surface area contributed by atoms with Crippen LogP contribution in [0.4, 0.5) is 0 Å². The Morgan fingerprint density at radius 1 is 1.07 bits per heavy atom. The quantitative estimate of drug-likeness (QED) is 0.476. The Kier molecular flexibility index (Phi) is 9.63. The van der Waals surface area contributed by atoms with Crippen molar-refractivity contribution in [3.63, 3.8) is 0 Å². The van der Waals surface area contributed by atoms with E-state index in [1.165, 1.54) is 0 Å². The lowest BCUT2D eigenvalue weighted by Gasteiger charge is -2.30. The minimum absolute atomic E-state index is 0.104. The third-order valence-corrected chi connectivity index (χ3v) is 6.24. The van der Waals surface area contributed by atoms with Crippen molar-refractivity contribution in [1.29, 1.82) is 0 Å². The lowest BCUT2D eigenvalue weighted by Crippen LogP contribution is -2.48. The summed E-state index contributed by atoms with van der Waals surface area (Å²) in [5.74, 6) is 0.291. The van der Waals surface area contributed by atoms with Crippen LogP contribution in [0.25, 0.3) is 0 Å². The summed E-state index contributed by atoms with van der Waals surface area (Å²) >= 11 is 19.7. The summed E-state index contributed by atoms with van der Waals surface area (Å²) in [4.78, 5) is 28.0. The Bertz CT molecular complexity index is 846. The molecular formula is C21H23Cl3N2O2S. The zero-order valence-electron chi connectivity index (χ0n) is 16.3. The summed E-state index contributed by atoms with van der Waals surface area (Å²) < 4.78 is 0. The number of thioether (sulfide) groups is 1. The predicted molar refractivity (Wildman–Crippen MR) is 122 cm³/mol. The molecule has 0 saturated heterocycles. The number of amides is 2. The van der Waals surface area contributed by atoms with Gasteiger partial charge >= 0.3 is 0 Å². The highest BCUT2D eigenvalue weighted by atomic mass is 35.5. The molecule has 156 valence electrons. The van der Waals surface area contributed by atoms with Gasteiger partial charge in [0.05, 0.1) is 0 Å². The van der Waals surface area contributed by atoms with Crippen molar-refractivity contribution < 1.29 is 9.59 Å². The van der Waals surface area contributed by atoms with Crippen LogP contribution in [0.5, 0.6) is 0 Å². The Morgan fingerprint density at radius 3 is 2.31 bits per heavy atom. The Balaban J connectivity index is 2.13. The second-order valence-electron chi connectivity index (χ2n) is 6.35. The van der Waals surface area contributed by atoms with Crippen LogP contribution in [0, 0.1) is 0 Å². The topological polar surface area (TPSA) is 49.4 Å². The van der Waals surface area contributed by atoms with Gasteiger partial charge in [0.1, 0.15) is 6.04 Å². The Morgan fingerprint density at radius 2 is 1.72 bits per heavy atom. The number of likely N-dealkylation sites (N-methyl/N-ethyl adjacent to an activating group) is 1. The number of hydrogen-bond acceptors (Lipinski definition) is 3. The number of rotatable bonds is 9.